The molecule has 122 valence electrons. The number of aryl methyl sites for hydroxylation is 1. The summed E-state index contributed by atoms with van der Waals surface area (Å²) in [4.78, 5) is 22.5. The number of hydrogen-bond donors (Lipinski definition) is 2. The number of nitrogens with one attached hydrogen (secondary N) is 1. The van der Waals surface area contributed by atoms with Gasteiger partial charge in [0.15, 0.2) is 12.4 Å². The van der Waals surface area contributed by atoms with Gasteiger partial charge in [0, 0.05) is 30.7 Å². The average Bonchev–Trinajstić information content (AvgIpc) is 2.53. The Bertz CT molecular complexity index is 630. The van der Waals surface area contributed by atoms with Gasteiger partial charge in [-0.05, 0) is 30.7 Å². The molecule has 2 N–H and O–H groups in total. The molecule has 0 aliphatic rings. The van der Waals surface area contributed by atoms with Crippen molar-refractivity contribution in [3.8, 4) is 0 Å². The van der Waals surface area contributed by atoms with E-state index in [1.54, 1.807) is 12.1 Å². The smallest absolute Gasteiger partial charge is 0.335 e. The highest BCUT2D eigenvalue weighted by atomic mass is 79.9. The van der Waals surface area contributed by atoms with Crippen molar-refractivity contribution in [3.05, 3.63) is 60.4 Å². The van der Waals surface area contributed by atoms with Crippen LogP contribution in [0.4, 0.5) is 5.69 Å². The summed E-state index contributed by atoms with van der Waals surface area (Å²) in [6.07, 6.45) is 6.20. The van der Waals surface area contributed by atoms with Crippen LogP contribution in [0.3, 0.4) is 0 Å². The molecule has 1 aromatic heterocycles. The first-order valence-electron chi connectivity index (χ1n) is 7.22. The number of carbonyl (C=O) groups excluding carboxylic acids is 1. The number of amides is 1. The Labute approximate surface area is 145 Å². The summed E-state index contributed by atoms with van der Waals surface area (Å²) in [5.41, 5.74) is 0.824. The number of carboxylic acid groups (broad SMARTS) is 1. The van der Waals surface area contributed by atoms with Crippen molar-refractivity contribution in [2.75, 3.05) is 5.32 Å². The minimum absolute atomic E-state index is 0. The Hall–Kier alpha value is -2.21. The maximum Gasteiger partial charge on any atom is 0.335 e. The number of benzene rings is 1. The molecule has 0 radical (unpaired) electrons. The van der Waals surface area contributed by atoms with Gasteiger partial charge in [-0.2, -0.15) is 0 Å². The number of hydrogen-bond acceptors (Lipinski definition) is 2. The molecular weight excluding hydrogens is 360 g/mol. The fourth-order valence-corrected chi connectivity index (χ4v) is 2.08. The normalized spacial score (nSPS) is 9.74. The second kappa shape index (κ2) is 9.74. The molecular formula is C17H19BrN2O3. The molecule has 2 aromatic rings. The molecule has 5 nitrogen and oxygen atoms in total. The van der Waals surface area contributed by atoms with Crippen LogP contribution in [0.2, 0.25) is 0 Å². The minimum Gasteiger partial charge on any atom is -1.00 e. The Morgan fingerprint density at radius 2 is 1.65 bits per heavy atom. The van der Waals surface area contributed by atoms with Gasteiger partial charge in [-0.25, -0.2) is 9.36 Å². The molecule has 0 unspecified atom stereocenters. The monoisotopic (exact) mass is 378 g/mol. The van der Waals surface area contributed by atoms with E-state index in [9.17, 15) is 9.59 Å². The van der Waals surface area contributed by atoms with Crippen LogP contribution in [0.5, 0.6) is 0 Å². The molecule has 23 heavy (non-hydrogen) atoms. The molecule has 0 atom stereocenters. The molecule has 0 saturated heterocycles. The van der Waals surface area contributed by atoms with Gasteiger partial charge in [-0.3, -0.25) is 4.79 Å². The van der Waals surface area contributed by atoms with E-state index in [0.717, 1.165) is 19.4 Å². The molecule has 0 fully saturated rings. The topological polar surface area (TPSA) is 70.3 Å². The Kier molecular flexibility index (Phi) is 7.97. The molecule has 2 rings (SSSR count). The van der Waals surface area contributed by atoms with E-state index < -0.39 is 5.97 Å². The number of carboxylic acids is 1. The number of aromatic carboxylic acids is 1. The lowest BCUT2D eigenvalue weighted by atomic mass is 10.2. The van der Waals surface area contributed by atoms with E-state index >= 15 is 0 Å². The summed E-state index contributed by atoms with van der Waals surface area (Å²) in [7, 11) is 0. The summed E-state index contributed by atoms with van der Waals surface area (Å²) in [5.74, 6) is -1.03. The number of unbranched alkanes of at least 4 members (excludes halogenated alkanes) is 1. The van der Waals surface area contributed by atoms with Gasteiger partial charge < -0.3 is 27.4 Å². The largest absolute Gasteiger partial charge is 1.00 e. The van der Waals surface area contributed by atoms with Crippen LogP contribution in [0.15, 0.2) is 54.9 Å². The van der Waals surface area contributed by atoms with Gasteiger partial charge in [0.1, 0.15) is 6.54 Å². The highest BCUT2D eigenvalue weighted by Gasteiger charge is 2.06. The van der Waals surface area contributed by atoms with Gasteiger partial charge in [0.2, 0.25) is 5.91 Å². The third-order valence-electron chi connectivity index (χ3n) is 3.26. The van der Waals surface area contributed by atoms with E-state index in [0.29, 0.717) is 12.1 Å². The molecule has 6 heteroatoms. The van der Waals surface area contributed by atoms with Crippen LogP contribution in [0.25, 0.3) is 0 Å². The molecule has 0 aliphatic heterocycles. The summed E-state index contributed by atoms with van der Waals surface area (Å²) in [5, 5.41) is 11.6. The van der Waals surface area contributed by atoms with Crippen LogP contribution in [0.1, 0.15) is 29.6 Å². The summed E-state index contributed by atoms with van der Waals surface area (Å²) < 4.78 is 2.09. The van der Waals surface area contributed by atoms with Crippen molar-refractivity contribution in [2.24, 2.45) is 0 Å². The predicted molar refractivity (Wildman–Crippen MR) is 82.5 cm³/mol. The molecule has 0 bridgehead atoms. The highest BCUT2D eigenvalue weighted by molar-refractivity contribution is 5.92. The zero-order chi connectivity index (χ0) is 15.8. The lowest BCUT2D eigenvalue weighted by Gasteiger charge is -2.05. The van der Waals surface area contributed by atoms with Crippen molar-refractivity contribution in [3.63, 3.8) is 0 Å². The summed E-state index contributed by atoms with van der Waals surface area (Å²) in [6.45, 7) is 0.890. The maximum atomic E-state index is 11.8. The first-order valence-corrected chi connectivity index (χ1v) is 7.22. The van der Waals surface area contributed by atoms with Crippen LogP contribution in [-0.2, 0) is 11.3 Å². The number of carbonyl (C=O) groups is 2. The number of pyridine rings is 1. The Morgan fingerprint density at radius 1 is 1.00 bits per heavy atom. The fraction of sp³-hybridized carbons (Fsp3) is 0.235. The first kappa shape index (κ1) is 18.8. The third kappa shape index (κ3) is 6.61. The number of nitrogens with zero attached hydrogens (tertiary/aromatic N) is 1. The second-order valence-corrected chi connectivity index (χ2v) is 5.00. The van der Waals surface area contributed by atoms with Crippen LogP contribution in [0, 0.1) is 0 Å². The molecule has 0 aliphatic carbocycles. The number of rotatable bonds is 7. The van der Waals surface area contributed by atoms with Gasteiger partial charge >= 0.3 is 5.97 Å². The standard InChI is InChI=1S/C17H18N2O3.BrH/c20-16(6-2-5-13-19-11-3-1-4-12-19)18-15-9-7-14(8-10-15)17(21)22;/h1,3-4,7-12H,2,5-6,13H2,(H-,18,20,21,22);1H. The molecule has 0 spiro atoms. The lowest BCUT2D eigenvalue weighted by molar-refractivity contribution is -0.697. The van der Waals surface area contributed by atoms with Crippen molar-refractivity contribution >= 4 is 17.6 Å². The third-order valence-corrected chi connectivity index (χ3v) is 3.26. The van der Waals surface area contributed by atoms with Crippen LogP contribution >= 0.6 is 0 Å². The van der Waals surface area contributed by atoms with E-state index in [-0.39, 0.29) is 28.5 Å². The van der Waals surface area contributed by atoms with Gasteiger partial charge in [-0.1, -0.05) is 6.07 Å². The maximum absolute atomic E-state index is 11.8. The van der Waals surface area contributed by atoms with Gasteiger partial charge in [0.25, 0.3) is 0 Å². The molecule has 1 aromatic carbocycles. The van der Waals surface area contributed by atoms with E-state index in [4.69, 9.17) is 5.11 Å². The zero-order valence-electron chi connectivity index (χ0n) is 12.6. The van der Waals surface area contributed by atoms with Crippen molar-refractivity contribution in [1.29, 1.82) is 0 Å². The quantitative estimate of drug-likeness (QED) is 0.503. The van der Waals surface area contributed by atoms with Crippen LogP contribution < -0.4 is 26.9 Å². The van der Waals surface area contributed by atoms with Crippen molar-refractivity contribution < 1.29 is 36.2 Å². The second-order valence-electron chi connectivity index (χ2n) is 5.00. The van der Waals surface area contributed by atoms with Crippen molar-refractivity contribution in [2.45, 2.75) is 25.8 Å². The van der Waals surface area contributed by atoms with E-state index in [1.165, 1.54) is 12.1 Å². The number of anilines is 1. The molecule has 0 saturated carbocycles. The first-order chi connectivity index (χ1) is 10.6. The fourth-order valence-electron chi connectivity index (χ4n) is 2.08. The van der Waals surface area contributed by atoms with Gasteiger partial charge in [0.05, 0.1) is 5.56 Å². The summed E-state index contributed by atoms with van der Waals surface area (Å²) >= 11 is 0. The number of aromatic nitrogens is 1. The van der Waals surface area contributed by atoms with Crippen LogP contribution in [-0.4, -0.2) is 17.0 Å². The van der Waals surface area contributed by atoms with Crippen molar-refractivity contribution in [1.82, 2.24) is 0 Å². The van der Waals surface area contributed by atoms with E-state index in [2.05, 4.69) is 9.88 Å². The molecule has 1 amide bonds. The average molecular weight is 379 g/mol. The minimum atomic E-state index is -0.976. The SMILES string of the molecule is O=C(CCCC[n+]1ccccc1)Nc1ccc(C(=O)O)cc1.[Br-]. The highest BCUT2D eigenvalue weighted by Crippen LogP contribution is 2.10. The zero-order valence-corrected chi connectivity index (χ0v) is 14.2. The Morgan fingerprint density at radius 3 is 2.26 bits per heavy atom. The van der Waals surface area contributed by atoms with Gasteiger partial charge in [-0.15, -0.1) is 0 Å². The lowest BCUT2D eigenvalue weighted by Crippen LogP contribution is -3.00. The molecule has 1 heterocycles. The number of halogens is 1. The predicted octanol–water partition coefficient (Wildman–Crippen LogP) is -0.515. The Balaban J connectivity index is 0.00000264. The summed E-state index contributed by atoms with van der Waals surface area (Å²) in [6, 6.07) is 12.1. The van der Waals surface area contributed by atoms with E-state index in [1.807, 2.05) is 30.6 Å².